The van der Waals surface area contributed by atoms with Crippen molar-refractivity contribution in [3.63, 3.8) is 0 Å². The Morgan fingerprint density at radius 3 is 2.29 bits per heavy atom. The van der Waals surface area contributed by atoms with E-state index >= 15 is 0 Å². The minimum atomic E-state index is -0.996. The molecule has 0 radical (unpaired) electrons. The van der Waals surface area contributed by atoms with Crippen molar-refractivity contribution in [2.24, 2.45) is 0 Å². The van der Waals surface area contributed by atoms with E-state index in [1.54, 1.807) is 45.0 Å². The van der Waals surface area contributed by atoms with Gasteiger partial charge in [0.15, 0.2) is 5.60 Å². The van der Waals surface area contributed by atoms with Gasteiger partial charge >= 0.3 is 57.4 Å². The van der Waals surface area contributed by atoms with E-state index in [4.69, 9.17) is 21.1 Å². The molecule has 0 saturated heterocycles. The summed E-state index contributed by atoms with van der Waals surface area (Å²) < 4.78 is 10.5. The van der Waals surface area contributed by atoms with Crippen molar-refractivity contribution >= 4 is 17.6 Å². The summed E-state index contributed by atoms with van der Waals surface area (Å²) in [6.45, 7) is 5.43. The Bertz CT molecular complexity index is 363. The van der Waals surface area contributed by atoms with Crippen LogP contribution in [0, 0.1) is 0 Å². The summed E-state index contributed by atoms with van der Waals surface area (Å²) in [5.41, 5.74) is -0.996. The van der Waals surface area contributed by atoms with E-state index in [9.17, 15) is 4.79 Å². The quantitative estimate of drug-likeness (QED) is 0.579. The van der Waals surface area contributed by atoms with Crippen LogP contribution in [-0.4, -0.2) is 18.2 Å². The maximum atomic E-state index is 11.6. The Morgan fingerprint density at radius 1 is 1.29 bits per heavy atom. The van der Waals surface area contributed by atoms with Crippen LogP contribution in [0.15, 0.2) is 24.3 Å². The van der Waals surface area contributed by atoms with E-state index in [0.717, 1.165) is 0 Å². The molecular weight excluding hydrogens is 267 g/mol. The summed E-state index contributed by atoms with van der Waals surface area (Å²) in [5, 5.41) is 0.626. The van der Waals surface area contributed by atoms with E-state index in [0.29, 0.717) is 17.4 Å². The van der Waals surface area contributed by atoms with Crippen LogP contribution in [0.1, 0.15) is 20.8 Å². The number of ether oxygens (including phenoxy) is 2. The van der Waals surface area contributed by atoms with E-state index in [1.165, 1.54) is 0 Å². The molecular formula is C12H15ClKO3+. The smallest absolute Gasteiger partial charge is 0.476 e. The number of carbonyl (C=O) groups excluding carboxylic acids is 1. The molecule has 0 fully saturated rings. The number of benzene rings is 1. The second kappa shape index (κ2) is 7.76. The van der Waals surface area contributed by atoms with Gasteiger partial charge < -0.3 is 9.47 Å². The molecule has 0 atom stereocenters. The molecule has 17 heavy (non-hydrogen) atoms. The number of esters is 1. The van der Waals surface area contributed by atoms with E-state index in [2.05, 4.69) is 0 Å². The monoisotopic (exact) mass is 281 g/mol. The Balaban J connectivity index is 0.00000256. The van der Waals surface area contributed by atoms with Crippen LogP contribution in [0.25, 0.3) is 0 Å². The van der Waals surface area contributed by atoms with Crippen molar-refractivity contribution in [3.8, 4) is 5.75 Å². The first-order valence-corrected chi connectivity index (χ1v) is 5.45. The fourth-order valence-corrected chi connectivity index (χ4v) is 1.27. The van der Waals surface area contributed by atoms with Crippen LogP contribution >= 0.6 is 11.6 Å². The van der Waals surface area contributed by atoms with Gasteiger partial charge in [0.25, 0.3) is 0 Å². The predicted octanol–water partition coefficient (Wildman–Crippen LogP) is 0.0645. The van der Waals surface area contributed by atoms with Gasteiger partial charge in [0, 0.05) is 5.02 Å². The summed E-state index contributed by atoms with van der Waals surface area (Å²) in [6.07, 6.45) is 0. The van der Waals surface area contributed by atoms with E-state index < -0.39 is 5.60 Å². The molecule has 0 aromatic heterocycles. The minimum Gasteiger partial charge on any atom is -0.476 e. The van der Waals surface area contributed by atoms with Crippen LogP contribution in [0.5, 0.6) is 5.75 Å². The maximum absolute atomic E-state index is 11.6. The first kappa shape index (κ1) is 17.4. The van der Waals surface area contributed by atoms with Gasteiger partial charge in [-0.1, -0.05) is 11.6 Å². The first-order chi connectivity index (χ1) is 7.45. The molecule has 0 amide bonds. The molecule has 0 aliphatic heterocycles. The van der Waals surface area contributed by atoms with Gasteiger partial charge in [0.1, 0.15) is 5.75 Å². The average Bonchev–Trinajstić information content (AvgIpc) is 2.21. The van der Waals surface area contributed by atoms with Gasteiger partial charge in [-0.05, 0) is 45.0 Å². The molecule has 0 aliphatic carbocycles. The van der Waals surface area contributed by atoms with E-state index in [1.807, 2.05) is 0 Å². The molecule has 1 rings (SSSR count). The second-order valence-electron chi connectivity index (χ2n) is 3.79. The molecule has 88 valence electrons. The van der Waals surface area contributed by atoms with E-state index in [-0.39, 0.29) is 57.4 Å². The Labute approximate surface area is 149 Å². The summed E-state index contributed by atoms with van der Waals surface area (Å²) in [6, 6.07) is 6.84. The fourth-order valence-electron chi connectivity index (χ4n) is 1.14. The Kier molecular flexibility index (Phi) is 7.95. The molecule has 0 N–H and O–H groups in total. The topological polar surface area (TPSA) is 35.5 Å². The third kappa shape index (κ3) is 5.72. The standard InChI is InChI=1S/C12H15ClO3.K/c1-4-15-11(14)12(2,3)16-10-7-5-9(13)6-8-10;/h5-8H,4H2,1-3H3;/q;+1. The Hall–Kier alpha value is 0.416. The molecule has 5 heteroatoms. The zero-order valence-corrected chi connectivity index (χ0v) is 14.5. The number of rotatable bonds is 4. The average molecular weight is 282 g/mol. The van der Waals surface area contributed by atoms with Crippen molar-refractivity contribution in [3.05, 3.63) is 29.3 Å². The van der Waals surface area contributed by atoms with Crippen molar-refractivity contribution in [2.45, 2.75) is 26.4 Å². The largest absolute Gasteiger partial charge is 1.00 e. The number of halogens is 1. The summed E-state index contributed by atoms with van der Waals surface area (Å²) >= 11 is 5.75. The van der Waals surface area contributed by atoms with Crippen molar-refractivity contribution in [1.29, 1.82) is 0 Å². The number of carbonyl (C=O) groups is 1. The normalized spacial score (nSPS) is 10.4. The molecule has 0 saturated carbocycles. The van der Waals surface area contributed by atoms with Crippen LogP contribution in [0.4, 0.5) is 0 Å². The summed E-state index contributed by atoms with van der Waals surface area (Å²) in [7, 11) is 0. The zero-order valence-electron chi connectivity index (χ0n) is 10.6. The van der Waals surface area contributed by atoms with Crippen LogP contribution in [0.3, 0.4) is 0 Å². The fraction of sp³-hybridized carbons (Fsp3) is 0.417. The van der Waals surface area contributed by atoms with Crippen LogP contribution in [0.2, 0.25) is 5.02 Å². The number of hydrogen-bond acceptors (Lipinski definition) is 3. The van der Waals surface area contributed by atoms with Crippen molar-refractivity contribution in [2.75, 3.05) is 6.61 Å². The zero-order chi connectivity index (χ0) is 12.2. The Morgan fingerprint density at radius 2 is 1.82 bits per heavy atom. The first-order valence-electron chi connectivity index (χ1n) is 5.07. The second-order valence-corrected chi connectivity index (χ2v) is 4.22. The van der Waals surface area contributed by atoms with Gasteiger partial charge in [0.2, 0.25) is 0 Å². The predicted molar refractivity (Wildman–Crippen MR) is 62.8 cm³/mol. The van der Waals surface area contributed by atoms with Gasteiger partial charge in [-0.3, -0.25) is 0 Å². The van der Waals surface area contributed by atoms with Crippen LogP contribution in [-0.2, 0) is 9.53 Å². The summed E-state index contributed by atoms with van der Waals surface area (Å²) in [4.78, 5) is 11.6. The van der Waals surface area contributed by atoms with Crippen molar-refractivity contribution < 1.29 is 65.7 Å². The SMILES string of the molecule is CCOC(=O)C(C)(C)Oc1ccc(Cl)cc1.[K+]. The molecule has 0 spiro atoms. The molecule has 1 aromatic carbocycles. The summed E-state index contributed by atoms with van der Waals surface area (Å²) in [5.74, 6) is 0.201. The molecule has 0 heterocycles. The molecule has 1 aromatic rings. The third-order valence-electron chi connectivity index (χ3n) is 1.95. The van der Waals surface area contributed by atoms with Gasteiger partial charge in [-0.25, -0.2) is 4.79 Å². The van der Waals surface area contributed by atoms with Gasteiger partial charge in [-0.2, -0.15) is 0 Å². The molecule has 0 bridgehead atoms. The third-order valence-corrected chi connectivity index (χ3v) is 2.21. The molecule has 0 aliphatic rings. The van der Waals surface area contributed by atoms with Crippen LogP contribution < -0.4 is 56.1 Å². The minimum absolute atomic E-state index is 0. The molecule has 3 nitrogen and oxygen atoms in total. The maximum Gasteiger partial charge on any atom is 1.00 e. The number of hydrogen-bond donors (Lipinski definition) is 0. The van der Waals surface area contributed by atoms with Gasteiger partial charge in [-0.15, -0.1) is 0 Å². The van der Waals surface area contributed by atoms with Crippen molar-refractivity contribution in [1.82, 2.24) is 0 Å². The van der Waals surface area contributed by atoms with Gasteiger partial charge in [0.05, 0.1) is 6.61 Å². The molecule has 0 unspecified atom stereocenters.